The van der Waals surface area contributed by atoms with E-state index in [2.05, 4.69) is 36.3 Å². The van der Waals surface area contributed by atoms with Crippen molar-refractivity contribution < 1.29 is 17.6 Å². The van der Waals surface area contributed by atoms with Crippen molar-refractivity contribution >= 4 is 32.4 Å². The van der Waals surface area contributed by atoms with Gasteiger partial charge in [-0.1, -0.05) is 12.1 Å². The van der Waals surface area contributed by atoms with Crippen LogP contribution < -0.4 is 5.32 Å². The van der Waals surface area contributed by atoms with Gasteiger partial charge in [0, 0.05) is 37.1 Å². The molecule has 1 amide bonds. The molecule has 2 heterocycles. The van der Waals surface area contributed by atoms with Gasteiger partial charge in [-0.15, -0.1) is 11.3 Å². The minimum atomic E-state index is -3.68. The Kier molecular flexibility index (Phi) is 6.89. The highest BCUT2D eigenvalue weighted by Crippen LogP contribution is 2.26. The van der Waals surface area contributed by atoms with Crippen LogP contribution in [0.2, 0.25) is 0 Å². The summed E-state index contributed by atoms with van der Waals surface area (Å²) in [5.41, 5.74) is 4.23. The number of rotatable bonds is 6. The molecular weight excluding hydrogens is 463 g/mol. The highest BCUT2D eigenvalue weighted by molar-refractivity contribution is 7.89. The lowest BCUT2D eigenvalue weighted by atomic mass is 10.1. The first-order valence-electron chi connectivity index (χ1n) is 10.5. The molecule has 7 nitrogen and oxygen atoms in total. The second kappa shape index (κ2) is 9.68. The highest BCUT2D eigenvalue weighted by Gasteiger charge is 2.29. The molecule has 3 aromatic rings. The van der Waals surface area contributed by atoms with Crippen LogP contribution in [-0.4, -0.2) is 61.2 Å². The number of hydrogen-bond donors (Lipinski definition) is 1. The van der Waals surface area contributed by atoms with Crippen molar-refractivity contribution in [1.82, 2.24) is 14.2 Å². The average Bonchev–Trinajstić information content (AvgIpc) is 3.24. The Morgan fingerprint density at radius 1 is 1.06 bits per heavy atom. The number of piperazine rings is 1. The Bertz CT molecular complexity index is 1250. The van der Waals surface area contributed by atoms with Gasteiger partial charge < -0.3 is 5.32 Å². The molecule has 2 aromatic carbocycles. The number of hydrogen-bond acceptors (Lipinski definition) is 6. The molecule has 4 rings (SSSR count). The number of benzene rings is 2. The molecule has 0 spiro atoms. The van der Waals surface area contributed by atoms with Crippen molar-refractivity contribution in [2.45, 2.75) is 18.7 Å². The Hall–Kier alpha value is -2.66. The van der Waals surface area contributed by atoms with E-state index < -0.39 is 15.8 Å². The molecule has 10 heteroatoms. The maximum Gasteiger partial charge on any atom is 0.243 e. The number of carbonyl (C=O) groups excluding carboxylic acids is 1. The summed E-state index contributed by atoms with van der Waals surface area (Å²) >= 11 is 1.37. The standard InChI is InChI=1S/C23H25FN4O3S2/c1-16-3-4-18(13-17(16)2)21-15-32-23(25-21)26-22(29)14-27-9-11-28(12-10-27)33(30,31)20-7-5-19(24)6-8-20/h3-8,13,15H,9-12,14H2,1-2H3,(H,25,26,29). The molecule has 174 valence electrons. The highest BCUT2D eigenvalue weighted by atomic mass is 32.2. The van der Waals surface area contributed by atoms with E-state index in [-0.39, 0.29) is 30.4 Å². The van der Waals surface area contributed by atoms with Gasteiger partial charge in [-0.05, 0) is 55.3 Å². The zero-order valence-electron chi connectivity index (χ0n) is 18.4. The van der Waals surface area contributed by atoms with Gasteiger partial charge in [-0.25, -0.2) is 17.8 Å². The Labute approximate surface area is 196 Å². The predicted octanol–water partition coefficient (Wildman–Crippen LogP) is 3.51. The van der Waals surface area contributed by atoms with E-state index in [0.717, 1.165) is 23.4 Å². The molecule has 1 aliphatic rings. The summed E-state index contributed by atoms with van der Waals surface area (Å²) in [5, 5.41) is 5.29. The van der Waals surface area contributed by atoms with E-state index in [0.29, 0.717) is 18.2 Å². The van der Waals surface area contributed by atoms with Crippen LogP contribution >= 0.6 is 11.3 Å². The molecule has 0 bridgehead atoms. The van der Waals surface area contributed by atoms with E-state index in [4.69, 9.17) is 0 Å². The zero-order valence-corrected chi connectivity index (χ0v) is 20.0. The number of sulfonamides is 1. The van der Waals surface area contributed by atoms with Gasteiger partial charge >= 0.3 is 0 Å². The number of amides is 1. The third-order valence-corrected chi connectivity index (χ3v) is 8.37. The maximum absolute atomic E-state index is 13.1. The third-order valence-electron chi connectivity index (χ3n) is 5.70. The molecule has 1 N–H and O–H groups in total. The minimum absolute atomic E-state index is 0.0680. The molecule has 0 aliphatic carbocycles. The lowest BCUT2D eigenvalue weighted by molar-refractivity contribution is -0.117. The molecule has 0 unspecified atom stereocenters. The van der Waals surface area contributed by atoms with Crippen LogP contribution in [0.4, 0.5) is 9.52 Å². The van der Waals surface area contributed by atoms with Crippen LogP contribution in [-0.2, 0) is 14.8 Å². The van der Waals surface area contributed by atoms with Crippen LogP contribution in [0.25, 0.3) is 11.3 Å². The summed E-state index contributed by atoms with van der Waals surface area (Å²) in [5.74, 6) is -0.669. The van der Waals surface area contributed by atoms with Crippen LogP contribution in [0.15, 0.2) is 52.7 Å². The number of aryl methyl sites for hydroxylation is 2. The van der Waals surface area contributed by atoms with Crippen molar-refractivity contribution in [2.75, 3.05) is 38.0 Å². The SMILES string of the molecule is Cc1ccc(-c2csc(NC(=O)CN3CCN(S(=O)(=O)c4ccc(F)cc4)CC3)n2)cc1C. The van der Waals surface area contributed by atoms with Gasteiger partial charge in [0.25, 0.3) is 0 Å². The van der Waals surface area contributed by atoms with Gasteiger partial charge in [0.15, 0.2) is 5.13 Å². The van der Waals surface area contributed by atoms with E-state index in [1.165, 1.54) is 38.9 Å². The van der Waals surface area contributed by atoms with Gasteiger partial charge in [0.05, 0.1) is 17.1 Å². The molecule has 1 aromatic heterocycles. The monoisotopic (exact) mass is 488 g/mol. The second-order valence-corrected chi connectivity index (χ2v) is 10.8. The van der Waals surface area contributed by atoms with Crippen molar-refractivity contribution in [1.29, 1.82) is 0 Å². The summed E-state index contributed by atoms with van der Waals surface area (Å²) in [4.78, 5) is 19.0. The number of anilines is 1. The largest absolute Gasteiger partial charge is 0.301 e. The number of nitrogens with one attached hydrogen (secondary N) is 1. The van der Waals surface area contributed by atoms with Gasteiger partial charge in [-0.2, -0.15) is 4.31 Å². The average molecular weight is 489 g/mol. The van der Waals surface area contributed by atoms with Crippen LogP contribution in [0, 0.1) is 19.7 Å². The topological polar surface area (TPSA) is 82.6 Å². The summed E-state index contributed by atoms with van der Waals surface area (Å²) in [6.07, 6.45) is 0. The molecule has 1 saturated heterocycles. The van der Waals surface area contributed by atoms with E-state index >= 15 is 0 Å². The second-order valence-electron chi connectivity index (χ2n) is 8.02. The van der Waals surface area contributed by atoms with Gasteiger partial charge in [-0.3, -0.25) is 9.69 Å². The smallest absolute Gasteiger partial charge is 0.243 e. The summed E-state index contributed by atoms with van der Waals surface area (Å²) in [6, 6.07) is 11.0. The minimum Gasteiger partial charge on any atom is -0.301 e. The first kappa shape index (κ1) is 23.5. The molecule has 33 heavy (non-hydrogen) atoms. The Morgan fingerprint density at radius 3 is 2.42 bits per heavy atom. The lowest BCUT2D eigenvalue weighted by Gasteiger charge is -2.33. The number of halogens is 1. The fourth-order valence-electron chi connectivity index (χ4n) is 3.61. The molecule has 0 atom stereocenters. The van der Waals surface area contributed by atoms with Crippen LogP contribution in [0.5, 0.6) is 0 Å². The fraction of sp³-hybridized carbons (Fsp3) is 0.304. The van der Waals surface area contributed by atoms with Crippen LogP contribution in [0.3, 0.4) is 0 Å². The van der Waals surface area contributed by atoms with Crippen molar-refractivity contribution in [2.24, 2.45) is 0 Å². The third kappa shape index (κ3) is 5.47. The molecule has 0 saturated carbocycles. The normalized spacial score (nSPS) is 15.5. The first-order valence-corrected chi connectivity index (χ1v) is 12.9. The van der Waals surface area contributed by atoms with Crippen molar-refractivity contribution in [3.05, 3.63) is 64.8 Å². The number of aromatic nitrogens is 1. The number of thiazole rings is 1. The Morgan fingerprint density at radius 2 is 1.76 bits per heavy atom. The summed E-state index contributed by atoms with van der Waals surface area (Å²) in [6.45, 7) is 5.66. The van der Waals surface area contributed by atoms with E-state index in [1.807, 2.05) is 16.3 Å². The first-order chi connectivity index (χ1) is 15.7. The summed E-state index contributed by atoms with van der Waals surface area (Å²) < 4.78 is 39.9. The number of carbonyl (C=O) groups is 1. The lowest BCUT2D eigenvalue weighted by Crippen LogP contribution is -2.50. The van der Waals surface area contributed by atoms with Gasteiger partial charge in [0.1, 0.15) is 5.82 Å². The fourth-order valence-corrected chi connectivity index (χ4v) is 5.77. The van der Waals surface area contributed by atoms with Crippen LogP contribution in [0.1, 0.15) is 11.1 Å². The number of nitrogens with zero attached hydrogens (tertiary/aromatic N) is 3. The predicted molar refractivity (Wildman–Crippen MR) is 127 cm³/mol. The molecular formula is C23H25FN4O3S2. The zero-order chi connectivity index (χ0) is 23.6. The summed E-state index contributed by atoms with van der Waals surface area (Å²) in [7, 11) is -3.68. The van der Waals surface area contributed by atoms with E-state index in [9.17, 15) is 17.6 Å². The Balaban J connectivity index is 1.30. The molecule has 0 radical (unpaired) electrons. The van der Waals surface area contributed by atoms with Crippen molar-refractivity contribution in [3.8, 4) is 11.3 Å². The van der Waals surface area contributed by atoms with E-state index in [1.54, 1.807) is 0 Å². The maximum atomic E-state index is 13.1. The quantitative estimate of drug-likeness (QED) is 0.574. The molecule has 1 aliphatic heterocycles. The van der Waals surface area contributed by atoms with Crippen molar-refractivity contribution in [3.63, 3.8) is 0 Å². The van der Waals surface area contributed by atoms with Gasteiger partial charge in [0.2, 0.25) is 15.9 Å². The molecule has 1 fully saturated rings.